The minimum atomic E-state index is -0.412. The highest BCUT2D eigenvalue weighted by Gasteiger charge is 2.47. The Kier molecular flexibility index (Phi) is 4.98. The van der Waals surface area contributed by atoms with Crippen LogP contribution in [0.25, 0.3) is 11.1 Å². The van der Waals surface area contributed by atoms with Crippen molar-refractivity contribution in [3.63, 3.8) is 0 Å². The number of aliphatic hydroxyl groups excluding tert-OH is 1. The molecular weight excluding hydrogens is 391 g/mol. The number of hydrogen-bond acceptors (Lipinski definition) is 3. The smallest absolute Gasteiger partial charge is 0.254 e. The number of nitrogens with zero attached hydrogens (tertiary/aromatic N) is 2. The third-order valence-electron chi connectivity index (χ3n) is 6.79. The van der Waals surface area contributed by atoms with Gasteiger partial charge in [0.25, 0.3) is 5.91 Å². The van der Waals surface area contributed by atoms with E-state index in [9.17, 15) is 14.3 Å². The maximum atomic E-state index is 13.8. The molecule has 3 atom stereocenters. The van der Waals surface area contributed by atoms with Crippen molar-refractivity contribution in [3.05, 3.63) is 89.7 Å². The van der Waals surface area contributed by atoms with Gasteiger partial charge in [0, 0.05) is 30.8 Å². The molecule has 1 N–H and O–H groups in total. The lowest BCUT2D eigenvalue weighted by Gasteiger charge is -2.44. The van der Waals surface area contributed by atoms with Gasteiger partial charge < -0.3 is 14.9 Å². The van der Waals surface area contributed by atoms with E-state index in [0.29, 0.717) is 12.1 Å². The molecule has 158 valence electrons. The molecule has 3 aromatic carbocycles. The normalized spacial score (nSPS) is 22.2. The van der Waals surface area contributed by atoms with Gasteiger partial charge in [0.2, 0.25) is 0 Å². The monoisotopic (exact) mass is 416 g/mol. The minimum absolute atomic E-state index is 0.0273. The Morgan fingerprint density at radius 1 is 1.03 bits per heavy atom. The predicted octanol–water partition coefficient (Wildman–Crippen LogP) is 4.51. The van der Waals surface area contributed by atoms with Gasteiger partial charge in [0.05, 0.1) is 18.7 Å². The third kappa shape index (κ3) is 3.29. The molecule has 0 unspecified atom stereocenters. The van der Waals surface area contributed by atoms with Crippen LogP contribution in [-0.2, 0) is 0 Å². The molecule has 0 bridgehead atoms. The standard InChI is InChI=1S/C26H25FN2O2/c1-28-23-11-10-18(17-6-3-2-4-7-17)15-22(23)25-21(24(28)16-30)12-13-29(25)26(31)19-8-5-9-20(27)14-19/h2-11,14-15,21,24-25,30H,12-13,16H2,1H3/t21-,24+,25-/m0/s1. The van der Waals surface area contributed by atoms with Crippen molar-refractivity contribution in [1.29, 1.82) is 0 Å². The molecule has 31 heavy (non-hydrogen) atoms. The number of carbonyl (C=O) groups is 1. The number of carbonyl (C=O) groups excluding carboxylic acids is 1. The lowest BCUT2D eigenvalue weighted by molar-refractivity contribution is 0.0693. The SMILES string of the molecule is CN1c2ccc(-c3ccccc3)cc2[C@@H]2[C@@H](CCN2C(=O)c2cccc(F)c2)[C@H]1CO. The van der Waals surface area contributed by atoms with Crippen molar-refractivity contribution in [2.45, 2.75) is 18.5 Å². The van der Waals surface area contributed by atoms with Crippen molar-refractivity contribution >= 4 is 11.6 Å². The summed E-state index contributed by atoms with van der Waals surface area (Å²) in [6.45, 7) is 0.615. The van der Waals surface area contributed by atoms with Gasteiger partial charge in [-0.05, 0) is 53.4 Å². The van der Waals surface area contributed by atoms with Gasteiger partial charge in [-0.25, -0.2) is 4.39 Å². The lowest BCUT2D eigenvalue weighted by atomic mass is 9.81. The zero-order valence-corrected chi connectivity index (χ0v) is 17.4. The maximum Gasteiger partial charge on any atom is 0.254 e. The number of aliphatic hydroxyl groups is 1. The summed E-state index contributed by atoms with van der Waals surface area (Å²) >= 11 is 0. The largest absolute Gasteiger partial charge is 0.394 e. The minimum Gasteiger partial charge on any atom is -0.394 e. The van der Waals surface area contributed by atoms with Crippen molar-refractivity contribution in [2.75, 3.05) is 25.1 Å². The molecule has 2 heterocycles. The van der Waals surface area contributed by atoms with Crippen LogP contribution in [0, 0.1) is 11.7 Å². The first-order valence-corrected chi connectivity index (χ1v) is 10.7. The maximum absolute atomic E-state index is 13.8. The Morgan fingerprint density at radius 2 is 1.84 bits per heavy atom. The Bertz CT molecular complexity index is 1120. The number of likely N-dealkylation sites (tertiary alicyclic amines) is 1. The van der Waals surface area contributed by atoms with E-state index in [4.69, 9.17) is 0 Å². The van der Waals surface area contributed by atoms with Crippen LogP contribution in [0.3, 0.4) is 0 Å². The first-order chi connectivity index (χ1) is 15.1. The molecule has 1 fully saturated rings. The van der Waals surface area contributed by atoms with Crippen LogP contribution in [0.5, 0.6) is 0 Å². The van der Waals surface area contributed by atoms with Crippen LogP contribution >= 0.6 is 0 Å². The average molecular weight is 416 g/mol. The van der Waals surface area contributed by atoms with Crippen LogP contribution < -0.4 is 4.90 Å². The predicted molar refractivity (Wildman–Crippen MR) is 119 cm³/mol. The summed E-state index contributed by atoms with van der Waals surface area (Å²) in [6, 6.07) is 22.2. The molecular formula is C26H25FN2O2. The Labute approximate surface area is 181 Å². The van der Waals surface area contributed by atoms with Gasteiger partial charge in [-0.2, -0.15) is 0 Å². The number of halogens is 1. The first kappa shape index (κ1) is 19.8. The average Bonchev–Trinajstić information content (AvgIpc) is 3.24. The molecule has 4 nitrogen and oxygen atoms in total. The fourth-order valence-corrected chi connectivity index (χ4v) is 5.28. The zero-order chi connectivity index (χ0) is 21.5. The molecule has 0 radical (unpaired) electrons. The summed E-state index contributed by atoms with van der Waals surface area (Å²) in [7, 11) is 2.01. The Balaban J connectivity index is 1.61. The van der Waals surface area contributed by atoms with Crippen molar-refractivity contribution in [3.8, 4) is 11.1 Å². The number of benzene rings is 3. The molecule has 5 heteroatoms. The van der Waals surface area contributed by atoms with E-state index in [-0.39, 0.29) is 30.5 Å². The highest BCUT2D eigenvalue weighted by molar-refractivity contribution is 5.95. The Morgan fingerprint density at radius 3 is 2.58 bits per heavy atom. The summed E-state index contributed by atoms with van der Waals surface area (Å²) in [6.07, 6.45) is 0.802. The van der Waals surface area contributed by atoms with Crippen molar-refractivity contribution < 1.29 is 14.3 Å². The van der Waals surface area contributed by atoms with E-state index in [1.165, 1.54) is 12.1 Å². The van der Waals surface area contributed by atoms with Gasteiger partial charge in [-0.15, -0.1) is 0 Å². The molecule has 5 rings (SSSR count). The zero-order valence-electron chi connectivity index (χ0n) is 17.4. The van der Waals surface area contributed by atoms with E-state index in [1.807, 2.05) is 30.1 Å². The number of anilines is 1. The van der Waals surface area contributed by atoms with Gasteiger partial charge in [-0.1, -0.05) is 42.5 Å². The highest BCUT2D eigenvalue weighted by Crippen LogP contribution is 2.49. The van der Waals surface area contributed by atoms with E-state index in [2.05, 4.69) is 35.2 Å². The van der Waals surface area contributed by atoms with Gasteiger partial charge in [0.15, 0.2) is 0 Å². The number of hydrogen-bond donors (Lipinski definition) is 1. The van der Waals surface area contributed by atoms with Crippen LogP contribution in [0.1, 0.15) is 28.4 Å². The van der Waals surface area contributed by atoms with Gasteiger partial charge in [0.1, 0.15) is 5.82 Å². The number of likely N-dealkylation sites (N-methyl/N-ethyl adjacent to an activating group) is 1. The van der Waals surface area contributed by atoms with Crippen molar-refractivity contribution in [1.82, 2.24) is 4.90 Å². The lowest BCUT2D eigenvalue weighted by Crippen LogP contribution is -2.48. The topological polar surface area (TPSA) is 43.8 Å². The summed E-state index contributed by atoms with van der Waals surface area (Å²) in [5, 5.41) is 10.2. The summed E-state index contributed by atoms with van der Waals surface area (Å²) in [4.78, 5) is 17.4. The summed E-state index contributed by atoms with van der Waals surface area (Å²) in [5.41, 5.74) is 4.69. The molecule has 0 aliphatic carbocycles. The third-order valence-corrected chi connectivity index (χ3v) is 6.79. The molecule has 2 aliphatic rings. The van der Waals surface area contributed by atoms with E-state index in [0.717, 1.165) is 28.8 Å². The van der Waals surface area contributed by atoms with E-state index >= 15 is 0 Å². The second kappa shape index (κ2) is 7.82. The van der Waals surface area contributed by atoms with Crippen LogP contribution in [0.4, 0.5) is 10.1 Å². The molecule has 1 saturated heterocycles. The first-order valence-electron chi connectivity index (χ1n) is 10.7. The quantitative estimate of drug-likeness (QED) is 0.683. The molecule has 0 aromatic heterocycles. The fraction of sp³-hybridized carbons (Fsp3) is 0.269. The molecule has 2 aliphatic heterocycles. The highest BCUT2D eigenvalue weighted by atomic mass is 19.1. The number of rotatable bonds is 3. The summed E-state index contributed by atoms with van der Waals surface area (Å²) < 4.78 is 13.8. The van der Waals surface area contributed by atoms with Crippen molar-refractivity contribution in [2.24, 2.45) is 5.92 Å². The van der Waals surface area contributed by atoms with Gasteiger partial charge in [-0.3, -0.25) is 4.79 Å². The molecule has 3 aromatic rings. The van der Waals surface area contributed by atoms with Crippen LogP contribution in [0.2, 0.25) is 0 Å². The van der Waals surface area contributed by atoms with Crippen LogP contribution in [-0.4, -0.2) is 42.2 Å². The fourth-order valence-electron chi connectivity index (χ4n) is 5.28. The molecule has 0 saturated carbocycles. The van der Waals surface area contributed by atoms with E-state index < -0.39 is 5.82 Å². The second-order valence-electron chi connectivity index (χ2n) is 8.41. The summed E-state index contributed by atoms with van der Waals surface area (Å²) in [5.74, 6) is -0.458. The number of fused-ring (bicyclic) bond motifs is 3. The Hall–Kier alpha value is -3.18. The number of amides is 1. The second-order valence-corrected chi connectivity index (χ2v) is 8.41. The van der Waals surface area contributed by atoms with Crippen LogP contribution in [0.15, 0.2) is 72.8 Å². The van der Waals surface area contributed by atoms with E-state index in [1.54, 1.807) is 12.1 Å². The molecule has 0 spiro atoms. The molecule has 1 amide bonds. The van der Waals surface area contributed by atoms with Gasteiger partial charge >= 0.3 is 0 Å².